The summed E-state index contributed by atoms with van der Waals surface area (Å²) >= 11 is 0. The van der Waals surface area contributed by atoms with Gasteiger partial charge < -0.3 is 0 Å². The van der Waals surface area contributed by atoms with Crippen LogP contribution in [0.3, 0.4) is 0 Å². The number of hydrogen-bond donors (Lipinski definition) is 0. The molecule has 1 heterocycles. The van der Waals surface area contributed by atoms with Crippen molar-refractivity contribution in [1.82, 2.24) is 4.98 Å². The number of benzene rings is 2. The lowest BCUT2D eigenvalue weighted by Gasteiger charge is -2.13. The van der Waals surface area contributed by atoms with Crippen LogP contribution in [0.1, 0.15) is 37.4 Å². The van der Waals surface area contributed by atoms with E-state index < -0.39 is 0 Å². The van der Waals surface area contributed by atoms with Crippen molar-refractivity contribution in [3.8, 4) is 0 Å². The summed E-state index contributed by atoms with van der Waals surface area (Å²) in [7, 11) is 0. The lowest BCUT2D eigenvalue weighted by atomic mass is 9.97. The van der Waals surface area contributed by atoms with E-state index >= 15 is 0 Å². The van der Waals surface area contributed by atoms with Crippen LogP contribution in [0.25, 0.3) is 21.7 Å². The number of hydrogen-bond acceptors (Lipinski definition) is 1. The number of pyridine rings is 1. The number of rotatable bonds is 2. The third-order valence-electron chi connectivity index (χ3n) is 4.02. The van der Waals surface area contributed by atoms with Gasteiger partial charge in [0.15, 0.2) is 0 Å². The first-order valence-electron chi connectivity index (χ1n) is 6.99. The SMILES string of the molecule is CCC(C)c1nc2c(ccc3ccccc32)cc1C. The fourth-order valence-electron chi connectivity index (χ4n) is 2.72. The van der Waals surface area contributed by atoms with Gasteiger partial charge in [-0.2, -0.15) is 0 Å². The predicted molar refractivity (Wildman–Crippen MR) is 82.7 cm³/mol. The Morgan fingerprint density at radius 2 is 1.79 bits per heavy atom. The Bertz CT molecular complexity index is 743. The minimum absolute atomic E-state index is 0.517. The Morgan fingerprint density at radius 3 is 2.58 bits per heavy atom. The highest BCUT2D eigenvalue weighted by Crippen LogP contribution is 2.28. The van der Waals surface area contributed by atoms with Gasteiger partial charge in [0, 0.05) is 16.5 Å². The molecule has 1 unspecified atom stereocenters. The molecule has 1 atom stereocenters. The van der Waals surface area contributed by atoms with Crippen molar-refractivity contribution in [1.29, 1.82) is 0 Å². The molecule has 0 radical (unpaired) electrons. The highest BCUT2D eigenvalue weighted by molar-refractivity contribution is 6.05. The molecule has 3 rings (SSSR count). The van der Waals surface area contributed by atoms with Crippen LogP contribution in [0.2, 0.25) is 0 Å². The van der Waals surface area contributed by atoms with Gasteiger partial charge in [0.25, 0.3) is 0 Å². The second kappa shape index (κ2) is 4.65. The molecule has 0 aliphatic rings. The van der Waals surface area contributed by atoms with Crippen LogP contribution in [0.4, 0.5) is 0 Å². The third-order valence-corrected chi connectivity index (χ3v) is 4.02. The fourth-order valence-corrected chi connectivity index (χ4v) is 2.72. The molecule has 0 aliphatic heterocycles. The van der Waals surface area contributed by atoms with Crippen molar-refractivity contribution >= 4 is 21.7 Å². The second-order valence-corrected chi connectivity index (χ2v) is 5.36. The molecule has 19 heavy (non-hydrogen) atoms. The van der Waals surface area contributed by atoms with Gasteiger partial charge >= 0.3 is 0 Å². The molecule has 1 aromatic heterocycles. The molecule has 1 heteroatoms. The Balaban J connectivity index is 2.38. The Morgan fingerprint density at radius 1 is 1.05 bits per heavy atom. The van der Waals surface area contributed by atoms with Gasteiger partial charge in [-0.3, -0.25) is 4.98 Å². The molecule has 2 aromatic carbocycles. The maximum Gasteiger partial charge on any atom is 0.0783 e. The maximum atomic E-state index is 4.97. The quantitative estimate of drug-likeness (QED) is 0.568. The highest BCUT2D eigenvalue weighted by Gasteiger charge is 2.11. The van der Waals surface area contributed by atoms with Gasteiger partial charge in [-0.05, 0) is 36.3 Å². The van der Waals surface area contributed by atoms with E-state index in [0.717, 1.165) is 11.9 Å². The minimum Gasteiger partial charge on any atom is -0.252 e. The summed E-state index contributed by atoms with van der Waals surface area (Å²) in [5, 5.41) is 3.76. The molecule has 0 saturated heterocycles. The van der Waals surface area contributed by atoms with E-state index in [2.05, 4.69) is 63.2 Å². The van der Waals surface area contributed by atoms with E-state index in [1.54, 1.807) is 0 Å². The van der Waals surface area contributed by atoms with Crippen LogP contribution in [-0.2, 0) is 0 Å². The largest absolute Gasteiger partial charge is 0.252 e. The average Bonchev–Trinajstić information content (AvgIpc) is 2.45. The molecular formula is C18H19N. The van der Waals surface area contributed by atoms with E-state index in [1.807, 2.05) is 0 Å². The van der Waals surface area contributed by atoms with Crippen molar-refractivity contribution in [3.63, 3.8) is 0 Å². The molecule has 96 valence electrons. The predicted octanol–water partition coefficient (Wildman–Crippen LogP) is 5.21. The number of aryl methyl sites for hydroxylation is 1. The molecule has 0 amide bonds. The zero-order valence-electron chi connectivity index (χ0n) is 11.8. The zero-order valence-corrected chi connectivity index (χ0v) is 11.8. The topological polar surface area (TPSA) is 12.9 Å². The molecule has 0 bridgehead atoms. The first kappa shape index (κ1) is 12.2. The molecule has 1 nitrogen and oxygen atoms in total. The summed E-state index contributed by atoms with van der Waals surface area (Å²) in [6.07, 6.45) is 1.13. The summed E-state index contributed by atoms with van der Waals surface area (Å²) in [6.45, 7) is 6.65. The third kappa shape index (κ3) is 1.99. The molecule has 3 aromatic rings. The summed E-state index contributed by atoms with van der Waals surface area (Å²) < 4.78 is 0. The number of fused-ring (bicyclic) bond motifs is 3. The van der Waals surface area contributed by atoms with Crippen molar-refractivity contribution in [2.24, 2.45) is 0 Å². The van der Waals surface area contributed by atoms with Crippen molar-refractivity contribution in [3.05, 3.63) is 53.7 Å². The summed E-state index contributed by atoms with van der Waals surface area (Å²) in [4.78, 5) is 4.97. The van der Waals surface area contributed by atoms with Gasteiger partial charge in [-0.15, -0.1) is 0 Å². The van der Waals surface area contributed by atoms with Gasteiger partial charge in [-0.25, -0.2) is 0 Å². The number of nitrogens with zero attached hydrogens (tertiary/aromatic N) is 1. The summed E-state index contributed by atoms with van der Waals surface area (Å²) in [6, 6.07) is 15.1. The molecule has 0 spiro atoms. The van der Waals surface area contributed by atoms with Gasteiger partial charge in [0.2, 0.25) is 0 Å². The Hall–Kier alpha value is -1.89. The highest BCUT2D eigenvalue weighted by atomic mass is 14.7. The van der Waals surface area contributed by atoms with Gasteiger partial charge in [0.05, 0.1) is 5.52 Å². The molecule has 0 N–H and O–H groups in total. The van der Waals surface area contributed by atoms with Crippen molar-refractivity contribution in [2.75, 3.05) is 0 Å². The van der Waals surface area contributed by atoms with Crippen LogP contribution < -0.4 is 0 Å². The Labute approximate surface area is 114 Å². The van der Waals surface area contributed by atoms with Gasteiger partial charge in [0.1, 0.15) is 0 Å². The zero-order chi connectivity index (χ0) is 13.4. The smallest absolute Gasteiger partial charge is 0.0783 e. The van der Waals surface area contributed by atoms with E-state index in [4.69, 9.17) is 4.98 Å². The molecule has 0 saturated carbocycles. The maximum absolute atomic E-state index is 4.97. The van der Waals surface area contributed by atoms with E-state index in [0.29, 0.717) is 5.92 Å². The van der Waals surface area contributed by atoms with Crippen LogP contribution in [-0.4, -0.2) is 4.98 Å². The lowest BCUT2D eigenvalue weighted by molar-refractivity contribution is 0.706. The standard InChI is InChI=1S/C18H19N/c1-4-12(2)17-13(3)11-15-10-9-14-7-5-6-8-16(14)18(15)19-17/h5-12H,4H2,1-3H3. The van der Waals surface area contributed by atoms with Crippen molar-refractivity contribution < 1.29 is 0 Å². The van der Waals surface area contributed by atoms with Crippen LogP contribution in [0.5, 0.6) is 0 Å². The summed E-state index contributed by atoms with van der Waals surface area (Å²) in [5.74, 6) is 0.517. The second-order valence-electron chi connectivity index (χ2n) is 5.36. The number of aromatic nitrogens is 1. The lowest BCUT2D eigenvalue weighted by Crippen LogP contribution is -2.00. The van der Waals surface area contributed by atoms with Crippen molar-refractivity contribution in [2.45, 2.75) is 33.1 Å². The van der Waals surface area contributed by atoms with E-state index in [9.17, 15) is 0 Å². The minimum atomic E-state index is 0.517. The van der Waals surface area contributed by atoms with E-state index in [-0.39, 0.29) is 0 Å². The first-order chi connectivity index (χ1) is 9.20. The summed E-state index contributed by atoms with van der Waals surface area (Å²) in [5.41, 5.74) is 3.68. The van der Waals surface area contributed by atoms with E-state index in [1.165, 1.54) is 27.4 Å². The van der Waals surface area contributed by atoms with Gasteiger partial charge in [-0.1, -0.05) is 50.2 Å². The monoisotopic (exact) mass is 249 g/mol. The average molecular weight is 249 g/mol. The normalized spacial score (nSPS) is 13.0. The van der Waals surface area contributed by atoms with Crippen LogP contribution in [0.15, 0.2) is 42.5 Å². The van der Waals surface area contributed by atoms with Crippen LogP contribution >= 0.6 is 0 Å². The Kier molecular flexibility index (Phi) is 2.98. The van der Waals surface area contributed by atoms with Crippen LogP contribution in [0, 0.1) is 6.92 Å². The molecule has 0 aliphatic carbocycles. The first-order valence-corrected chi connectivity index (χ1v) is 6.99. The molecule has 0 fully saturated rings. The molecular weight excluding hydrogens is 230 g/mol. The fraction of sp³-hybridized carbons (Fsp3) is 0.278.